The second-order valence-corrected chi connectivity index (χ2v) is 4.52. The molecule has 0 amide bonds. The molecule has 2 N–H and O–H groups in total. The molecule has 1 aromatic heterocycles. The van der Waals surface area contributed by atoms with Gasteiger partial charge in [-0.3, -0.25) is 10.1 Å². The zero-order valence-corrected chi connectivity index (χ0v) is 11.4. The Morgan fingerprint density at radius 1 is 1.43 bits per heavy atom. The summed E-state index contributed by atoms with van der Waals surface area (Å²) in [5, 5.41) is 26.7. The molecular weight excluding hydrogens is 278 g/mol. The van der Waals surface area contributed by atoms with Gasteiger partial charge in [-0.2, -0.15) is 0 Å². The van der Waals surface area contributed by atoms with Gasteiger partial charge >= 0.3 is 5.97 Å². The molecule has 0 radical (unpaired) electrons. The lowest BCUT2D eigenvalue weighted by Gasteiger charge is -2.09. The van der Waals surface area contributed by atoms with Gasteiger partial charge in [-0.15, -0.1) is 0 Å². The Labute approximate surface area is 119 Å². The number of nitro groups is 1. The number of aromatic nitrogens is 1. The lowest BCUT2D eigenvalue weighted by atomic mass is 10.1. The Morgan fingerprint density at radius 2 is 2.14 bits per heavy atom. The minimum Gasteiger partial charge on any atom is -0.478 e. The Balaban J connectivity index is 2.32. The van der Waals surface area contributed by atoms with E-state index in [1.165, 1.54) is 6.07 Å². The molecule has 0 aliphatic carbocycles. The largest absolute Gasteiger partial charge is 0.478 e. The Hall–Kier alpha value is -2.90. The van der Waals surface area contributed by atoms with Gasteiger partial charge in [-0.1, -0.05) is 5.16 Å². The van der Waals surface area contributed by atoms with Crippen molar-refractivity contribution in [2.24, 2.45) is 0 Å². The molecule has 0 spiro atoms. The van der Waals surface area contributed by atoms with E-state index in [4.69, 9.17) is 9.63 Å². The zero-order chi connectivity index (χ0) is 15.6. The van der Waals surface area contributed by atoms with Gasteiger partial charge in [-0.05, 0) is 19.9 Å². The second kappa shape index (κ2) is 5.61. The molecule has 110 valence electrons. The van der Waals surface area contributed by atoms with Crippen molar-refractivity contribution in [3.63, 3.8) is 0 Å². The van der Waals surface area contributed by atoms with Crippen LogP contribution < -0.4 is 5.32 Å². The Morgan fingerprint density at radius 3 is 2.67 bits per heavy atom. The molecule has 2 aromatic rings. The van der Waals surface area contributed by atoms with Crippen LogP contribution in [-0.2, 0) is 6.54 Å². The average Bonchev–Trinajstić information content (AvgIpc) is 2.82. The molecule has 1 heterocycles. The summed E-state index contributed by atoms with van der Waals surface area (Å²) in [4.78, 5) is 21.4. The summed E-state index contributed by atoms with van der Waals surface area (Å²) in [6, 6.07) is 4.12. The number of anilines is 1. The van der Waals surface area contributed by atoms with Gasteiger partial charge in [0.2, 0.25) is 0 Å². The first-order valence-electron chi connectivity index (χ1n) is 6.07. The average molecular weight is 291 g/mol. The van der Waals surface area contributed by atoms with Gasteiger partial charge in [0.15, 0.2) is 5.76 Å². The van der Waals surface area contributed by atoms with Crippen LogP contribution in [-0.4, -0.2) is 21.2 Å². The molecule has 0 atom stereocenters. The first-order chi connectivity index (χ1) is 9.88. The highest BCUT2D eigenvalue weighted by Gasteiger charge is 2.19. The SMILES string of the molecule is Cc1cc(CNc2cc(C(=O)O)cc([N+](=O)[O-])c2C)on1. The van der Waals surface area contributed by atoms with E-state index >= 15 is 0 Å². The van der Waals surface area contributed by atoms with Crippen LogP contribution in [0.25, 0.3) is 0 Å². The molecule has 0 aliphatic heterocycles. The van der Waals surface area contributed by atoms with Crippen molar-refractivity contribution in [3.05, 3.63) is 50.9 Å². The summed E-state index contributed by atoms with van der Waals surface area (Å²) >= 11 is 0. The van der Waals surface area contributed by atoms with Gasteiger partial charge in [-0.25, -0.2) is 4.79 Å². The van der Waals surface area contributed by atoms with Crippen molar-refractivity contribution in [1.29, 1.82) is 0 Å². The van der Waals surface area contributed by atoms with Crippen LogP contribution in [0.15, 0.2) is 22.7 Å². The maximum Gasteiger partial charge on any atom is 0.336 e. The predicted octanol–water partition coefficient (Wildman–Crippen LogP) is 2.51. The van der Waals surface area contributed by atoms with Crippen LogP contribution in [0.3, 0.4) is 0 Å². The minimum atomic E-state index is -1.23. The molecule has 0 bridgehead atoms. The molecule has 0 saturated heterocycles. The van der Waals surface area contributed by atoms with Gasteiger partial charge in [0, 0.05) is 23.4 Å². The van der Waals surface area contributed by atoms with Crippen molar-refractivity contribution in [2.45, 2.75) is 20.4 Å². The topological polar surface area (TPSA) is 118 Å². The number of aromatic carboxylic acids is 1. The molecule has 0 unspecified atom stereocenters. The maximum absolute atomic E-state index is 11.0. The van der Waals surface area contributed by atoms with E-state index in [1.807, 2.05) is 0 Å². The standard InChI is InChI=1S/C13H13N3O5/c1-7-3-10(21-15-7)6-14-11-4-9(13(17)18)5-12(8(11)2)16(19)20/h3-5,14H,6H2,1-2H3,(H,17,18). The molecule has 0 aliphatic rings. The summed E-state index contributed by atoms with van der Waals surface area (Å²) in [7, 11) is 0. The summed E-state index contributed by atoms with van der Waals surface area (Å²) in [5.41, 5.74) is 1.06. The number of benzene rings is 1. The van der Waals surface area contributed by atoms with Gasteiger partial charge in [0.1, 0.15) is 0 Å². The van der Waals surface area contributed by atoms with Crippen LogP contribution in [0.4, 0.5) is 11.4 Å². The lowest BCUT2D eigenvalue weighted by molar-refractivity contribution is -0.385. The molecule has 21 heavy (non-hydrogen) atoms. The van der Waals surface area contributed by atoms with E-state index in [1.54, 1.807) is 19.9 Å². The van der Waals surface area contributed by atoms with Crippen LogP contribution in [0.1, 0.15) is 27.4 Å². The van der Waals surface area contributed by atoms with Gasteiger partial charge in [0.25, 0.3) is 5.69 Å². The summed E-state index contributed by atoms with van der Waals surface area (Å²) in [5.74, 6) is -0.674. The van der Waals surface area contributed by atoms with Crippen molar-refractivity contribution >= 4 is 17.3 Å². The number of carbonyl (C=O) groups is 1. The number of nitro benzene ring substituents is 1. The van der Waals surface area contributed by atoms with Crippen molar-refractivity contribution in [1.82, 2.24) is 5.16 Å². The highest BCUT2D eigenvalue weighted by atomic mass is 16.6. The van der Waals surface area contributed by atoms with E-state index in [2.05, 4.69) is 10.5 Å². The summed E-state index contributed by atoms with van der Waals surface area (Å²) < 4.78 is 5.02. The number of rotatable bonds is 5. The molecule has 0 saturated carbocycles. The number of carboxylic acids is 1. The zero-order valence-electron chi connectivity index (χ0n) is 11.4. The molecule has 0 fully saturated rings. The number of hydrogen-bond acceptors (Lipinski definition) is 6. The first kappa shape index (κ1) is 14.5. The molecule has 8 nitrogen and oxygen atoms in total. The number of aryl methyl sites for hydroxylation is 1. The fraction of sp³-hybridized carbons (Fsp3) is 0.231. The van der Waals surface area contributed by atoms with Crippen molar-refractivity contribution in [2.75, 3.05) is 5.32 Å². The smallest absolute Gasteiger partial charge is 0.336 e. The highest BCUT2D eigenvalue weighted by Crippen LogP contribution is 2.28. The third-order valence-corrected chi connectivity index (χ3v) is 2.95. The van der Waals surface area contributed by atoms with Crippen LogP contribution in [0.5, 0.6) is 0 Å². The number of carboxylic acid groups (broad SMARTS) is 1. The van der Waals surface area contributed by atoms with E-state index in [9.17, 15) is 14.9 Å². The Kier molecular flexibility index (Phi) is 3.88. The van der Waals surface area contributed by atoms with Crippen LogP contribution in [0.2, 0.25) is 0 Å². The minimum absolute atomic E-state index is 0.149. The molecule has 2 rings (SSSR count). The molecule has 8 heteroatoms. The number of hydrogen-bond donors (Lipinski definition) is 2. The summed E-state index contributed by atoms with van der Waals surface area (Å²) in [6.07, 6.45) is 0. The number of nitrogens with one attached hydrogen (secondary N) is 1. The number of nitrogens with zero attached hydrogens (tertiary/aromatic N) is 2. The van der Waals surface area contributed by atoms with Crippen LogP contribution in [0, 0.1) is 24.0 Å². The van der Waals surface area contributed by atoms with Crippen molar-refractivity contribution < 1.29 is 19.3 Å². The van der Waals surface area contributed by atoms with Crippen LogP contribution >= 0.6 is 0 Å². The third kappa shape index (κ3) is 3.16. The Bertz CT molecular complexity index is 708. The predicted molar refractivity (Wildman–Crippen MR) is 73.4 cm³/mol. The van der Waals surface area contributed by atoms with E-state index < -0.39 is 10.9 Å². The van der Waals surface area contributed by atoms with E-state index in [0.717, 1.165) is 6.07 Å². The molecule has 1 aromatic carbocycles. The third-order valence-electron chi connectivity index (χ3n) is 2.95. The van der Waals surface area contributed by atoms with E-state index in [-0.39, 0.29) is 17.8 Å². The van der Waals surface area contributed by atoms with Gasteiger partial charge < -0.3 is 14.9 Å². The highest BCUT2D eigenvalue weighted by molar-refractivity contribution is 5.90. The van der Waals surface area contributed by atoms with Gasteiger partial charge in [0.05, 0.1) is 22.7 Å². The normalized spacial score (nSPS) is 10.4. The fourth-order valence-electron chi connectivity index (χ4n) is 1.88. The second-order valence-electron chi connectivity index (χ2n) is 4.52. The lowest BCUT2D eigenvalue weighted by Crippen LogP contribution is -2.06. The first-order valence-corrected chi connectivity index (χ1v) is 6.07. The van der Waals surface area contributed by atoms with Crippen molar-refractivity contribution in [3.8, 4) is 0 Å². The molecular formula is C13H13N3O5. The van der Waals surface area contributed by atoms with E-state index in [0.29, 0.717) is 22.7 Å². The quantitative estimate of drug-likeness (QED) is 0.641. The summed E-state index contributed by atoms with van der Waals surface area (Å²) in [6.45, 7) is 3.58. The monoisotopic (exact) mass is 291 g/mol. The maximum atomic E-state index is 11.0. The fourth-order valence-corrected chi connectivity index (χ4v) is 1.88.